The third-order valence-corrected chi connectivity index (χ3v) is 10.3. The van der Waals surface area contributed by atoms with Gasteiger partial charge in [0.2, 0.25) is 11.8 Å². The molecular formula is C25H44N6O2S. The van der Waals surface area contributed by atoms with Gasteiger partial charge in [-0.15, -0.1) is 0 Å². The lowest BCUT2D eigenvalue weighted by Crippen LogP contribution is -2.56. The number of piperazine rings is 1. The van der Waals surface area contributed by atoms with Crippen LogP contribution in [0, 0.1) is 0 Å². The van der Waals surface area contributed by atoms with E-state index in [0.29, 0.717) is 24.4 Å². The third kappa shape index (κ3) is 5.59. The van der Waals surface area contributed by atoms with Crippen LogP contribution in [-0.4, -0.2) is 126 Å². The minimum atomic E-state index is -0.0339. The monoisotopic (exact) mass is 492 g/mol. The molecule has 2 N–H and O–H groups in total. The smallest absolute Gasteiger partial charge is 0.239 e. The van der Waals surface area contributed by atoms with Crippen molar-refractivity contribution in [2.24, 2.45) is 0 Å². The van der Waals surface area contributed by atoms with E-state index in [0.717, 1.165) is 58.7 Å². The highest BCUT2D eigenvalue weighted by Gasteiger charge is 2.45. The minimum absolute atomic E-state index is 0.0339. The molecule has 5 rings (SSSR count). The summed E-state index contributed by atoms with van der Waals surface area (Å²) in [6, 6.07) is 0.463. The number of likely N-dealkylation sites (N-methyl/N-ethyl adjacent to an activating group) is 1. The number of hydrogen-bond donors (Lipinski definition) is 2. The standard InChI is InChI=1S/C25H44N6O2S/c1-28-19(7-8-23(32)30-14-12-29(13-15-30)22-6-2-3-10-26-22)17-27-25(33)24-21(28)9-11-31(24)18-20-5-4-16-34-20/h19-22,24,26H,2-18H2,1H3,(H,27,33)/t19-,20?,21-,22?,24-/m0/s1. The maximum absolute atomic E-state index is 13.0. The summed E-state index contributed by atoms with van der Waals surface area (Å²) < 4.78 is 0. The van der Waals surface area contributed by atoms with Gasteiger partial charge in [0.25, 0.3) is 0 Å². The van der Waals surface area contributed by atoms with Crippen LogP contribution >= 0.6 is 11.8 Å². The zero-order chi connectivity index (χ0) is 23.5. The fraction of sp³-hybridized carbons (Fsp3) is 0.920. The Kier molecular flexibility index (Phi) is 8.36. The van der Waals surface area contributed by atoms with Crippen molar-refractivity contribution in [3.8, 4) is 0 Å². The summed E-state index contributed by atoms with van der Waals surface area (Å²) in [5, 5.41) is 7.55. The molecule has 34 heavy (non-hydrogen) atoms. The lowest BCUT2D eigenvalue weighted by Gasteiger charge is -2.41. The molecule has 0 radical (unpaired) electrons. The van der Waals surface area contributed by atoms with E-state index in [-0.39, 0.29) is 29.9 Å². The van der Waals surface area contributed by atoms with E-state index >= 15 is 0 Å². The maximum Gasteiger partial charge on any atom is 0.239 e. The molecule has 0 aromatic carbocycles. The highest BCUT2D eigenvalue weighted by molar-refractivity contribution is 8.00. The Bertz CT molecular complexity index is 706. The fourth-order valence-corrected chi connectivity index (χ4v) is 8.08. The van der Waals surface area contributed by atoms with Crippen molar-refractivity contribution in [3.63, 3.8) is 0 Å². The first-order chi connectivity index (χ1) is 16.6. The van der Waals surface area contributed by atoms with Gasteiger partial charge in [-0.1, -0.05) is 0 Å². The Hall–Kier alpha value is -0.870. The average Bonchev–Trinajstić information content (AvgIpc) is 3.52. The number of carbonyl (C=O) groups excluding carboxylic acids is 2. The van der Waals surface area contributed by atoms with Crippen LogP contribution in [0.3, 0.4) is 0 Å². The zero-order valence-electron chi connectivity index (χ0n) is 20.9. The molecule has 2 amide bonds. The molecule has 5 aliphatic heterocycles. The van der Waals surface area contributed by atoms with Gasteiger partial charge < -0.3 is 15.5 Å². The van der Waals surface area contributed by atoms with Crippen molar-refractivity contribution in [3.05, 3.63) is 0 Å². The fourth-order valence-electron chi connectivity index (χ4n) is 6.78. The largest absolute Gasteiger partial charge is 0.353 e. The molecule has 8 nitrogen and oxygen atoms in total. The van der Waals surface area contributed by atoms with Gasteiger partial charge in [0.15, 0.2) is 0 Å². The number of amides is 2. The molecule has 5 atom stereocenters. The summed E-state index contributed by atoms with van der Waals surface area (Å²) in [6.45, 7) is 7.45. The normalized spacial score (nSPS) is 36.3. The van der Waals surface area contributed by atoms with E-state index in [9.17, 15) is 9.59 Å². The van der Waals surface area contributed by atoms with Gasteiger partial charge in [-0.05, 0) is 64.3 Å². The van der Waals surface area contributed by atoms with E-state index in [2.05, 4.69) is 49.0 Å². The first-order valence-electron chi connectivity index (χ1n) is 13.7. The van der Waals surface area contributed by atoms with E-state index in [1.807, 2.05) is 0 Å². The molecule has 192 valence electrons. The van der Waals surface area contributed by atoms with Crippen LogP contribution in [0.2, 0.25) is 0 Å². The molecule has 5 saturated heterocycles. The number of fused-ring (bicyclic) bond motifs is 1. The number of nitrogens with one attached hydrogen (secondary N) is 2. The van der Waals surface area contributed by atoms with Gasteiger partial charge in [0.1, 0.15) is 6.04 Å². The molecule has 5 aliphatic rings. The maximum atomic E-state index is 13.0. The Morgan fingerprint density at radius 3 is 2.65 bits per heavy atom. The van der Waals surface area contributed by atoms with Gasteiger partial charge in [-0.2, -0.15) is 11.8 Å². The van der Waals surface area contributed by atoms with Crippen molar-refractivity contribution < 1.29 is 9.59 Å². The second kappa shape index (κ2) is 11.5. The lowest BCUT2D eigenvalue weighted by molar-refractivity contribution is -0.134. The van der Waals surface area contributed by atoms with Crippen LogP contribution in [-0.2, 0) is 9.59 Å². The van der Waals surface area contributed by atoms with E-state index in [4.69, 9.17) is 0 Å². The Labute approximate surface area is 209 Å². The lowest BCUT2D eigenvalue weighted by atomic mass is 10.0. The van der Waals surface area contributed by atoms with Gasteiger partial charge in [-0.3, -0.25) is 24.3 Å². The Balaban J connectivity index is 1.10. The van der Waals surface area contributed by atoms with Crippen molar-refractivity contribution in [1.82, 2.24) is 30.2 Å². The SMILES string of the molecule is CN1[C@@H](CCC(=O)N2CCN(C3CCCCN3)CC2)CNC(=O)[C@@H]2[C@@H]1CCN2CC1CCCS1. The van der Waals surface area contributed by atoms with E-state index in [1.165, 1.54) is 37.9 Å². The Morgan fingerprint density at radius 2 is 1.91 bits per heavy atom. The van der Waals surface area contributed by atoms with Gasteiger partial charge in [-0.25, -0.2) is 0 Å². The number of hydrogen-bond acceptors (Lipinski definition) is 7. The zero-order valence-corrected chi connectivity index (χ0v) is 21.7. The molecule has 5 fully saturated rings. The van der Waals surface area contributed by atoms with Crippen LogP contribution in [0.25, 0.3) is 0 Å². The molecule has 0 spiro atoms. The van der Waals surface area contributed by atoms with Gasteiger partial charge in [0, 0.05) is 69.6 Å². The number of thioether (sulfide) groups is 1. The molecule has 0 aromatic rings. The summed E-state index contributed by atoms with van der Waals surface area (Å²) in [5.41, 5.74) is 0. The molecule has 0 aliphatic carbocycles. The summed E-state index contributed by atoms with van der Waals surface area (Å²) in [7, 11) is 2.18. The van der Waals surface area contributed by atoms with Crippen LogP contribution in [0.5, 0.6) is 0 Å². The minimum Gasteiger partial charge on any atom is -0.353 e. The highest BCUT2D eigenvalue weighted by Crippen LogP contribution is 2.32. The molecule has 0 saturated carbocycles. The van der Waals surface area contributed by atoms with Crippen molar-refractivity contribution in [2.75, 3.05) is 65.2 Å². The number of rotatable bonds is 6. The third-order valence-electron chi connectivity index (χ3n) is 8.90. The summed E-state index contributed by atoms with van der Waals surface area (Å²) >= 11 is 2.07. The summed E-state index contributed by atoms with van der Waals surface area (Å²) in [4.78, 5) is 35.5. The molecule has 9 heteroatoms. The molecule has 0 aromatic heterocycles. The van der Waals surface area contributed by atoms with Crippen LogP contribution in [0.4, 0.5) is 0 Å². The molecule has 2 unspecified atom stereocenters. The van der Waals surface area contributed by atoms with E-state index in [1.54, 1.807) is 0 Å². The van der Waals surface area contributed by atoms with E-state index < -0.39 is 0 Å². The summed E-state index contributed by atoms with van der Waals surface area (Å²) in [5.74, 6) is 1.74. The van der Waals surface area contributed by atoms with Crippen LogP contribution in [0.1, 0.15) is 51.4 Å². The molecular weight excluding hydrogens is 448 g/mol. The number of piperidine rings is 1. The summed E-state index contributed by atoms with van der Waals surface area (Å²) in [6.07, 6.45) is 9.36. The number of nitrogens with zero attached hydrogens (tertiary/aromatic N) is 4. The first kappa shape index (κ1) is 24.8. The van der Waals surface area contributed by atoms with Crippen molar-refractivity contribution in [1.29, 1.82) is 0 Å². The van der Waals surface area contributed by atoms with Gasteiger partial charge >= 0.3 is 0 Å². The average molecular weight is 493 g/mol. The topological polar surface area (TPSA) is 71.2 Å². The quantitative estimate of drug-likeness (QED) is 0.568. The van der Waals surface area contributed by atoms with Gasteiger partial charge in [0.05, 0.1) is 6.17 Å². The predicted molar refractivity (Wildman–Crippen MR) is 137 cm³/mol. The van der Waals surface area contributed by atoms with Crippen molar-refractivity contribution in [2.45, 2.75) is 80.9 Å². The predicted octanol–water partition coefficient (Wildman–Crippen LogP) is 0.779. The number of likely N-dealkylation sites (tertiary alicyclic amines) is 1. The van der Waals surface area contributed by atoms with Crippen LogP contribution in [0.15, 0.2) is 0 Å². The van der Waals surface area contributed by atoms with Crippen LogP contribution < -0.4 is 10.6 Å². The highest BCUT2D eigenvalue weighted by atomic mass is 32.2. The molecule has 5 heterocycles. The number of carbonyl (C=O) groups is 2. The van der Waals surface area contributed by atoms with Crippen molar-refractivity contribution >= 4 is 23.6 Å². The second-order valence-electron chi connectivity index (χ2n) is 10.9. The molecule has 0 bridgehead atoms. The second-order valence-corrected chi connectivity index (χ2v) is 12.3. The first-order valence-corrected chi connectivity index (χ1v) is 14.8. The Morgan fingerprint density at radius 1 is 1.06 bits per heavy atom.